The summed E-state index contributed by atoms with van der Waals surface area (Å²) in [5.41, 5.74) is -0.160. The molecular formula is C14H17ClN2O4. The van der Waals surface area contributed by atoms with E-state index in [1.54, 1.807) is 0 Å². The Bertz CT molecular complexity index is 542. The molecule has 0 bridgehead atoms. The van der Waals surface area contributed by atoms with Crippen LogP contribution in [0.5, 0.6) is 0 Å². The van der Waals surface area contributed by atoms with E-state index in [9.17, 15) is 20.0 Å². The Labute approximate surface area is 127 Å². The van der Waals surface area contributed by atoms with Gasteiger partial charge in [-0.2, -0.15) is 0 Å². The van der Waals surface area contributed by atoms with E-state index in [-0.39, 0.29) is 22.4 Å². The molecule has 0 spiro atoms. The van der Waals surface area contributed by atoms with Gasteiger partial charge in [-0.1, -0.05) is 17.7 Å². The molecule has 0 heterocycles. The first-order valence-electron chi connectivity index (χ1n) is 6.88. The Morgan fingerprint density at radius 2 is 2.05 bits per heavy atom. The second-order valence-electron chi connectivity index (χ2n) is 5.28. The summed E-state index contributed by atoms with van der Waals surface area (Å²) >= 11 is 5.90. The highest BCUT2D eigenvalue weighted by molar-refractivity contribution is 6.35. The first-order chi connectivity index (χ1) is 9.99. The molecule has 1 amide bonds. The number of hydrogen-bond donors (Lipinski definition) is 2. The summed E-state index contributed by atoms with van der Waals surface area (Å²) in [6.07, 6.45) is 2.99. The molecule has 0 radical (unpaired) electrons. The van der Waals surface area contributed by atoms with Crippen molar-refractivity contribution in [2.24, 2.45) is 5.92 Å². The van der Waals surface area contributed by atoms with Crippen molar-refractivity contribution in [3.05, 3.63) is 38.9 Å². The van der Waals surface area contributed by atoms with E-state index >= 15 is 0 Å². The molecule has 0 atom stereocenters. The summed E-state index contributed by atoms with van der Waals surface area (Å²) in [6, 6.07) is 4.17. The zero-order valence-corrected chi connectivity index (χ0v) is 12.2. The van der Waals surface area contributed by atoms with Gasteiger partial charge in [0.05, 0.1) is 16.6 Å². The minimum absolute atomic E-state index is 0.113. The van der Waals surface area contributed by atoms with E-state index < -0.39 is 10.8 Å². The minimum atomic E-state index is -0.609. The molecule has 0 saturated heterocycles. The third-order valence-electron chi connectivity index (χ3n) is 3.79. The average Bonchev–Trinajstić information content (AvgIpc) is 2.46. The number of rotatable bonds is 4. The number of nitrogens with zero attached hydrogens (tertiary/aromatic N) is 1. The number of aliphatic hydroxyl groups excluding tert-OH is 1. The molecule has 2 N–H and O–H groups in total. The number of nitro benzene ring substituents is 1. The summed E-state index contributed by atoms with van der Waals surface area (Å²) in [7, 11) is 0. The van der Waals surface area contributed by atoms with Crippen LogP contribution in [-0.4, -0.2) is 28.6 Å². The number of carbonyl (C=O) groups excluding carboxylic acids is 1. The van der Waals surface area contributed by atoms with E-state index in [0.29, 0.717) is 12.5 Å². The SMILES string of the molecule is O=C(NCC1CCC(O)CC1)c1cccc([N+](=O)[O-])c1Cl. The molecule has 0 unspecified atom stereocenters. The molecule has 1 aromatic carbocycles. The molecular weight excluding hydrogens is 296 g/mol. The molecule has 6 nitrogen and oxygen atoms in total. The van der Waals surface area contributed by atoms with Crippen LogP contribution in [0.25, 0.3) is 0 Å². The number of aliphatic hydroxyl groups is 1. The Morgan fingerprint density at radius 3 is 2.67 bits per heavy atom. The van der Waals surface area contributed by atoms with E-state index in [0.717, 1.165) is 25.7 Å². The fraction of sp³-hybridized carbons (Fsp3) is 0.500. The first-order valence-corrected chi connectivity index (χ1v) is 7.26. The Balaban J connectivity index is 1.97. The molecule has 21 heavy (non-hydrogen) atoms. The van der Waals surface area contributed by atoms with Gasteiger partial charge >= 0.3 is 0 Å². The van der Waals surface area contributed by atoms with E-state index in [1.165, 1.54) is 18.2 Å². The summed E-state index contributed by atoms with van der Waals surface area (Å²) < 4.78 is 0. The number of benzene rings is 1. The van der Waals surface area contributed by atoms with Crippen LogP contribution in [0.15, 0.2) is 18.2 Å². The third kappa shape index (κ3) is 3.92. The van der Waals surface area contributed by atoms with E-state index in [4.69, 9.17) is 11.6 Å². The highest BCUT2D eigenvalue weighted by Gasteiger charge is 2.22. The molecule has 7 heteroatoms. The van der Waals surface area contributed by atoms with Crippen molar-refractivity contribution in [3.63, 3.8) is 0 Å². The lowest BCUT2D eigenvalue weighted by Crippen LogP contribution is -2.32. The zero-order valence-electron chi connectivity index (χ0n) is 11.4. The molecule has 114 valence electrons. The fourth-order valence-corrected chi connectivity index (χ4v) is 2.80. The first kappa shape index (κ1) is 15.7. The van der Waals surface area contributed by atoms with Crippen molar-refractivity contribution in [2.45, 2.75) is 31.8 Å². The minimum Gasteiger partial charge on any atom is -0.393 e. The average molecular weight is 313 g/mol. The second kappa shape index (κ2) is 6.87. The largest absolute Gasteiger partial charge is 0.393 e. The monoisotopic (exact) mass is 312 g/mol. The number of nitrogens with one attached hydrogen (secondary N) is 1. The van der Waals surface area contributed by atoms with Gasteiger partial charge in [0.2, 0.25) is 0 Å². The van der Waals surface area contributed by atoms with Gasteiger partial charge in [0, 0.05) is 12.6 Å². The Morgan fingerprint density at radius 1 is 1.38 bits per heavy atom. The van der Waals surface area contributed by atoms with Crippen LogP contribution in [0, 0.1) is 16.0 Å². The second-order valence-corrected chi connectivity index (χ2v) is 5.66. The maximum absolute atomic E-state index is 12.1. The van der Waals surface area contributed by atoms with E-state index in [2.05, 4.69) is 5.32 Å². The van der Waals surface area contributed by atoms with E-state index in [1.807, 2.05) is 0 Å². The van der Waals surface area contributed by atoms with Gasteiger partial charge in [0.1, 0.15) is 5.02 Å². The van der Waals surface area contributed by atoms with Crippen LogP contribution in [0.2, 0.25) is 5.02 Å². The Hall–Kier alpha value is -1.66. The van der Waals surface area contributed by atoms with Crippen LogP contribution in [0.4, 0.5) is 5.69 Å². The van der Waals surface area contributed by atoms with Crippen molar-refractivity contribution < 1.29 is 14.8 Å². The smallest absolute Gasteiger partial charge is 0.288 e. The maximum atomic E-state index is 12.1. The molecule has 1 saturated carbocycles. The van der Waals surface area contributed by atoms with Crippen LogP contribution in [0.1, 0.15) is 36.0 Å². The van der Waals surface area contributed by atoms with Gasteiger partial charge in [0.25, 0.3) is 11.6 Å². The van der Waals surface area contributed by atoms with Gasteiger partial charge < -0.3 is 10.4 Å². The van der Waals surface area contributed by atoms with Crippen molar-refractivity contribution in [1.29, 1.82) is 0 Å². The fourth-order valence-electron chi connectivity index (χ4n) is 2.52. The number of hydrogen-bond acceptors (Lipinski definition) is 4. The summed E-state index contributed by atoms with van der Waals surface area (Å²) in [6.45, 7) is 0.491. The molecule has 0 aromatic heterocycles. The van der Waals surface area contributed by atoms with Crippen LogP contribution in [-0.2, 0) is 0 Å². The highest BCUT2D eigenvalue weighted by Crippen LogP contribution is 2.28. The van der Waals surface area contributed by atoms with Gasteiger partial charge in [-0.25, -0.2) is 0 Å². The van der Waals surface area contributed by atoms with Crippen molar-refractivity contribution in [2.75, 3.05) is 6.54 Å². The molecule has 0 aliphatic heterocycles. The van der Waals surface area contributed by atoms with Gasteiger partial charge in [0.15, 0.2) is 0 Å². The molecule has 1 aromatic rings. The number of amides is 1. The number of carbonyl (C=O) groups is 1. The molecule has 1 aliphatic carbocycles. The summed E-state index contributed by atoms with van der Waals surface area (Å²) in [5, 5.41) is 22.9. The third-order valence-corrected chi connectivity index (χ3v) is 4.18. The highest BCUT2D eigenvalue weighted by atomic mass is 35.5. The van der Waals surface area contributed by atoms with Crippen molar-refractivity contribution in [1.82, 2.24) is 5.32 Å². The van der Waals surface area contributed by atoms with Crippen LogP contribution >= 0.6 is 11.6 Å². The number of halogens is 1. The molecule has 1 aliphatic rings. The molecule has 1 fully saturated rings. The normalized spacial score (nSPS) is 21.8. The van der Waals surface area contributed by atoms with Crippen LogP contribution in [0.3, 0.4) is 0 Å². The maximum Gasteiger partial charge on any atom is 0.288 e. The van der Waals surface area contributed by atoms with Gasteiger partial charge in [-0.15, -0.1) is 0 Å². The number of nitro groups is 1. The predicted octanol–water partition coefficient (Wildman–Crippen LogP) is 2.53. The lowest BCUT2D eigenvalue weighted by atomic mass is 9.87. The summed E-state index contributed by atoms with van der Waals surface area (Å²) in [4.78, 5) is 22.3. The van der Waals surface area contributed by atoms with Crippen molar-refractivity contribution in [3.8, 4) is 0 Å². The molecule has 2 rings (SSSR count). The van der Waals surface area contributed by atoms with Gasteiger partial charge in [-0.3, -0.25) is 14.9 Å². The zero-order chi connectivity index (χ0) is 15.4. The predicted molar refractivity (Wildman–Crippen MR) is 78.4 cm³/mol. The standard InChI is InChI=1S/C14H17ClN2O4/c15-13-11(2-1-3-12(13)17(20)21)14(19)16-8-9-4-6-10(18)7-5-9/h1-3,9-10,18H,4-8H2,(H,16,19). The van der Waals surface area contributed by atoms with Crippen LogP contribution < -0.4 is 5.32 Å². The summed E-state index contributed by atoms with van der Waals surface area (Å²) in [5.74, 6) is -0.0790. The van der Waals surface area contributed by atoms with Crippen molar-refractivity contribution >= 4 is 23.2 Å². The quantitative estimate of drug-likeness (QED) is 0.660. The Kier molecular flexibility index (Phi) is 5.14. The topological polar surface area (TPSA) is 92.5 Å². The lowest BCUT2D eigenvalue weighted by molar-refractivity contribution is -0.384. The lowest BCUT2D eigenvalue weighted by Gasteiger charge is -2.25. The van der Waals surface area contributed by atoms with Gasteiger partial charge in [-0.05, 0) is 37.7 Å².